The summed E-state index contributed by atoms with van der Waals surface area (Å²) in [5.74, 6) is 0.811. The molecule has 0 aliphatic rings. The van der Waals surface area contributed by atoms with E-state index >= 15 is 0 Å². The van der Waals surface area contributed by atoms with Crippen molar-refractivity contribution < 1.29 is 14.4 Å². The fraction of sp³-hybridized carbons (Fsp3) is 0.467. The monoisotopic (exact) mass is 329 g/mol. The molecule has 0 amide bonds. The highest BCUT2D eigenvalue weighted by Crippen LogP contribution is 2.35. The van der Waals surface area contributed by atoms with Crippen molar-refractivity contribution in [3.63, 3.8) is 0 Å². The topological polar surface area (TPSA) is 69.6 Å². The van der Waals surface area contributed by atoms with Gasteiger partial charge in [0, 0.05) is 16.4 Å². The third kappa shape index (κ3) is 6.70. The van der Waals surface area contributed by atoms with E-state index in [0.29, 0.717) is 12.1 Å². The van der Waals surface area contributed by atoms with Crippen LogP contribution in [-0.4, -0.2) is 9.79 Å². The molecule has 0 saturated carbocycles. The molecule has 0 aliphatic carbocycles. The number of rotatable bonds is 8. The average Bonchev–Trinajstić information content (AvgIpc) is 2.43. The van der Waals surface area contributed by atoms with Gasteiger partial charge in [0.1, 0.15) is 0 Å². The molecule has 4 nitrogen and oxygen atoms in total. The zero-order chi connectivity index (χ0) is 15.9. The molecular formula is C15H24NO3PS. The third-order valence-corrected chi connectivity index (χ3v) is 4.85. The molecule has 1 aromatic rings. The molecule has 0 bridgehead atoms. The van der Waals surface area contributed by atoms with Gasteiger partial charge in [0.2, 0.25) is 0 Å². The maximum absolute atomic E-state index is 11.1. The van der Waals surface area contributed by atoms with Crippen molar-refractivity contribution in [2.24, 2.45) is 0 Å². The van der Waals surface area contributed by atoms with Crippen LogP contribution in [-0.2, 0) is 16.7 Å². The smallest absolute Gasteiger partial charge is 0.308 e. The average molecular weight is 329 g/mol. The second-order valence-corrected chi connectivity index (χ2v) is 7.35. The third-order valence-electron chi connectivity index (χ3n) is 3.15. The molecule has 118 valence electrons. The molecule has 0 spiro atoms. The normalized spacial score (nSPS) is 13.0. The number of aryl methyl sites for hydroxylation is 1. The van der Waals surface area contributed by atoms with Crippen LogP contribution in [0.25, 0.3) is 0 Å². The minimum Gasteiger partial charge on any atom is -0.308 e. The van der Waals surface area contributed by atoms with Gasteiger partial charge < -0.3 is 9.79 Å². The molecule has 0 unspecified atom stereocenters. The largest absolute Gasteiger partial charge is 0.427 e. The van der Waals surface area contributed by atoms with E-state index in [9.17, 15) is 4.57 Å². The molecule has 3 N–H and O–H groups in total. The lowest BCUT2D eigenvalue weighted by Gasteiger charge is -2.15. The fourth-order valence-electron chi connectivity index (χ4n) is 2.05. The standard InChI is InChI=1S/C15H24NO3PS/c1-4-8-15(16-20(17,18)19)12(3)21-11-14-10-7-6-9-13(14)5-2/h6-7,9-10H,4-5,8,11H2,1-3H3,(H3,16,17,18,19)/b15-12-. The van der Waals surface area contributed by atoms with Gasteiger partial charge in [0.05, 0.1) is 0 Å². The van der Waals surface area contributed by atoms with E-state index in [0.717, 1.165) is 23.5 Å². The summed E-state index contributed by atoms with van der Waals surface area (Å²) >= 11 is 1.62. The number of hydrogen-bond acceptors (Lipinski definition) is 2. The first-order valence-corrected chi connectivity index (χ1v) is 9.70. The lowest BCUT2D eigenvalue weighted by atomic mass is 10.1. The minimum absolute atomic E-state index is 0.638. The maximum atomic E-state index is 11.1. The summed E-state index contributed by atoms with van der Waals surface area (Å²) in [6.45, 7) is 6.03. The minimum atomic E-state index is -4.24. The Labute approximate surface area is 131 Å². The van der Waals surface area contributed by atoms with Crippen LogP contribution in [0.2, 0.25) is 0 Å². The van der Waals surface area contributed by atoms with Crippen LogP contribution >= 0.6 is 19.5 Å². The molecule has 0 fully saturated rings. The van der Waals surface area contributed by atoms with E-state index in [2.05, 4.69) is 24.1 Å². The Morgan fingerprint density at radius 1 is 1.24 bits per heavy atom. The summed E-state index contributed by atoms with van der Waals surface area (Å²) in [4.78, 5) is 19.1. The SMILES string of the molecule is CCC/C(NP(=O)(O)O)=C(\C)SCc1ccccc1CC. The first-order chi connectivity index (χ1) is 9.87. The lowest BCUT2D eigenvalue weighted by Crippen LogP contribution is -2.10. The molecule has 0 radical (unpaired) electrons. The molecule has 0 aliphatic heterocycles. The molecule has 0 atom stereocenters. The van der Waals surface area contributed by atoms with Crippen molar-refractivity contribution in [1.29, 1.82) is 0 Å². The molecule has 6 heteroatoms. The maximum Gasteiger partial charge on any atom is 0.427 e. The Hall–Kier alpha value is -0.740. The van der Waals surface area contributed by atoms with Gasteiger partial charge in [0.15, 0.2) is 0 Å². The summed E-state index contributed by atoms with van der Waals surface area (Å²) in [6, 6.07) is 8.29. The Morgan fingerprint density at radius 2 is 1.86 bits per heavy atom. The van der Waals surface area contributed by atoms with Crippen molar-refractivity contribution in [2.75, 3.05) is 0 Å². The second-order valence-electron chi connectivity index (χ2n) is 4.85. The zero-order valence-electron chi connectivity index (χ0n) is 12.8. The molecule has 1 rings (SSSR count). The van der Waals surface area contributed by atoms with Gasteiger partial charge in [0.25, 0.3) is 0 Å². The highest BCUT2D eigenvalue weighted by molar-refractivity contribution is 8.02. The van der Waals surface area contributed by atoms with E-state index in [1.54, 1.807) is 11.8 Å². The predicted octanol–water partition coefficient (Wildman–Crippen LogP) is 4.20. The van der Waals surface area contributed by atoms with Crippen LogP contribution in [0, 0.1) is 0 Å². The Morgan fingerprint density at radius 3 is 2.38 bits per heavy atom. The Balaban J connectivity index is 2.82. The first-order valence-electron chi connectivity index (χ1n) is 7.10. The molecule has 0 saturated heterocycles. The summed E-state index contributed by atoms with van der Waals surface area (Å²) < 4.78 is 11.1. The molecule has 0 aromatic heterocycles. The second kappa shape index (κ2) is 8.64. The van der Waals surface area contributed by atoms with Crippen molar-refractivity contribution >= 4 is 19.5 Å². The van der Waals surface area contributed by atoms with Gasteiger partial charge in [-0.05, 0) is 30.9 Å². The van der Waals surface area contributed by atoms with Crippen molar-refractivity contribution in [2.45, 2.75) is 45.8 Å². The van der Waals surface area contributed by atoms with Crippen molar-refractivity contribution in [3.8, 4) is 0 Å². The molecule has 0 heterocycles. The quantitative estimate of drug-likeness (QED) is 0.624. The van der Waals surface area contributed by atoms with Crippen LogP contribution in [0.4, 0.5) is 0 Å². The Bertz CT molecular complexity index is 539. The first kappa shape index (κ1) is 18.3. The van der Waals surface area contributed by atoms with Crippen LogP contribution in [0.1, 0.15) is 44.7 Å². The lowest BCUT2D eigenvalue weighted by molar-refractivity contribution is 0.362. The van der Waals surface area contributed by atoms with E-state index in [1.165, 1.54) is 11.1 Å². The number of benzene rings is 1. The van der Waals surface area contributed by atoms with Gasteiger partial charge in [-0.15, -0.1) is 11.8 Å². The summed E-state index contributed by atoms with van der Waals surface area (Å²) in [6.07, 6.45) is 2.47. The number of thioether (sulfide) groups is 1. The van der Waals surface area contributed by atoms with Gasteiger partial charge in [-0.3, -0.25) is 5.09 Å². The van der Waals surface area contributed by atoms with E-state index in [1.807, 2.05) is 26.0 Å². The van der Waals surface area contributed by atoms with Crippen LogP contribution in [0.3, 0.4) is 0 Å². The highest BCUT2D eigenvalue weighted by Gasteiger charge is 2.16. The van der Waals surface area contributed by atoms with E-state index in [4.69, 9.17) is 9.79 Å². The highest BCUT2D eigenvalue weighted by atomic mass is 32.2. The van der Waals surface area contributed by atoms with Crippen LogP contribution < -0.4 is 5.09 Å². The fourth-order valence-corrected chi connectivity index (χ4v) is 3.74. The predicted molar refractivity (Wildman–Crippen MR) is 89.9 cm³/mol. The molecular weight excluding hydrogens is 305 g/mol. The van der Waals surface area contributed by atoms with E-state index < -0.39 is 7.75 Å². The molecule has 1 aromatic carbocycles. The Kier molecular flexibility index (Phi) is 7.53. The van der Waals surface area contributed by atoms with Crippen molar-refractivity contribution in [3.05, 3.63) is 46.0 Å². The molecule has 21 heavy (non-hydrogen) atoms. The van der Waals surface area contributed by atoms with Gasteiger partial charge in [-0.1, -0.05) is 44.5 Å². The van der Waals surface area contributed by atoms with Gasteiger partial charge in [-0.25, -0.2) is 4.57 Å². The summed E-state index contributed by atoms with van der Waals surface area (Å²) in [5, 5.41) is 2.35. The number of nitrogens with one attached hydrogen (secondary N) is 1. The van der Waals surface area contributed by atoms with E-state index in [-0.39, 0.29) is 0 Å². The van der Waals surface area contributed by atoms with Crippen molar-refractivity contribution in [1.82, 2.24) is 5.09 Å². The van der Waals surface area contributed by atoms with Gasteiger partial charge in [-0.2, -0.15) is 0 Å². The number of hydrogen-bond donors (Lipinski definition) is 3. The van der Waals surface area contributed by atoms with Crippen LogP contribution in [0.15, 0.2) is 34.9 Å². The summed E-state index contributed by atoms with van der Waals surface area (Å²) in [5.41, 5.74) is 3.24. The number of allylic oxidation sites excluding steroid dienone is 2. The summed E-state index contributed by atoms with van der Waals surface area (Å²) in [7, 11) is -4.24. The zero-order valence-corrected chi connectivity index (χ0v) is 14.5. The van der Waals surface area contributed by atoms with Crippen LogP contribution in [0.5, 0.6) is 0 Å². The van der Waals surface area contributed by atoms with Gasteiger partial charge >= 0.3 is 7.75 Å².